The Balaban J connectivity index is 2.09. The highest BCUT2D eigenvalue weighted by Gasteiger charge is 2.10. The minimum Gasteiger partial charge on any atom is -0.282 e. The Labute approximate surface area is 117 Å². The van der Waals surface area contributed by atoms with Crippen LogP contribution in [0.4, 0.5) is 0 Å². The summed E-state index contributed by atoms with van der Waals surface area (Å²) in [6.45, 7) is 6.37. The average Bonchev–Trinajstić information content (AvgIpc) is 2.70. The van der Waals surface area contributed by atoms with Crippen molar-refractivity contribution in [1.29, 1.82) is 0 Å². The van der Waals surface area contributed by atoms with Crippen LogP contribution in [0.2, 0.25) is 0 Å². The number of fused-ring (bicyclic) bond motifs is 1. The summed E-state index contributed by atoms with van der Waals surface area (Å²) in [4.78, 5) is 5.69. The van der Waals surface area contributed by atoms with Gasteiger partial charge in [-0.05, 0) is 62.5 Å². The summed E-state index contributed by atoms with van der Waals surface area (Å²) in [5.41, 5.74) is 6.05. The lowest BCUT2D eigenvalue weighted by atomic mass is 10.2. The third-order valence-corrected chi connectivity index (χ3v) is 4.38. The minimum atomic E-state index is 1.07. The molecule has 19 heavy (non-hydrogen) atoms. The van der Waals surface area contributed by atoms with Gasteiger partial charge in [-0.15, -0.1) is 0 Å². The molecular weight excluding hydrogens is 252 g/mol. The van der Waals surface area contributed by atoms with Gasteiger partial charge in [0.2, 0.25) is 0 Å². The van der Waals surface area contributed by atoms with E-state index in [0.717, 1.165) is 5.52 Å². The highest BCUT2D eigenvalue weighted by Crippen LogP contribution is 2.30. The molecule has 3 rings (SSSR count). The SMILES string of the molecule is Cc1ccc(Sn2c(C)cc3nccc(C)c32)cc1. The molecule has 0 unspecified atom stereocenters. The molecule has 0 amide bonds. The smallest absolute Gasteiger partial charge is 0.0895 e. The molecule has 2 aromatic heterocycles. The van der Waals surface area contributed by atoms with Crippen LogP contribution in [0.15, 0.2) is 47.5 Å². The molecule has 2 nitrogen and oxygen atoms in total. The Morgan fingerprint density at radius 1 is 1.00 bits per heavy atom. The van der Waals surface area contributed by atoms with E-state index in [-0.39, 0.29) is 0 Å². The van der Waals surface area contributed by atoms with E-state index in [9.17, 15) is 0 Å². The number of aromatic nitrogens is 2. The summed E-state index contributed by atoms with van der Waals surface area (Å²) >= 11 is 1.75. The summed E-state index contributed by atoms with van der Waals surface area (Å²) in [6.07, 6.45) is 1.87. The van der Waals surface area contributed by atoms with Crippen LogP contribution in [-0.4, -0.2) is 8.96 Å². The molecule has 0 saturated heterocycles. The first-order valence-corrected chi connectivity index (χ1v) is 7.11. The van der Waals surface area contributed by atoms with Gasteiger partial charge in [-0.3, -0.25) is 8.96 Å². The third kappa shape index (κ3) is 2.26. The number of rotatable bonds is 2. The Morgan fingerprint density at radius 3 is 2.47 bits per heavy atom. The number of hydrogen-bond donors (Lipinski definition) is 0. The Hall–Kier alpha value is -1.74. The topological polar surface area (TPSA) is 17.8 Å². The number of nitrogens with zero attached hydrogens (tertiary/aromatic N) is 2. The van der Waals surface area contributed by atoms with Gasteiger partial charge < -0.3 is 0 Å². The first-order valence-electron chi connectivity index (χ1n) is 6.34. The molecule has 0 aliphatic rings. The molecule has 0 aliphatic heterocycles. The zero-order valence-electron chi connectivity index (χ0n) is 11.3. The van der Waals surface area contributed by atoms with Crippen LogP contribution in [0.1, 0.15) is 16.8 Å². The normalized spacial score (nSPS) is 11.1. The van der Waals surface area contributed by atoms with Gasteiger partial charge in [0.1, 0.15) is 0 Å². The lowest BCUT2D eigenvalue weighted by Gasteiger charge is -2.08. The fourth-order valence-electron chi connectivity index (χ4n) is 2.20. The van der Waals surface area contributed by atoms with Crippen LogP contribution in [0, 0.1) is 20.8 Å². The molecule has 0 radical (unpaired) electrons. The van der Waals surface area contributed by atoms with Crippen molar-refractivity contribution in [3.05, 3.63) is 59.4 Å². The second-order valence-corrected chi connectivity index (χ2v) is 5.87. The molecule has 0 fully saturated rings. The van der Waals surface area contributed by atoms with Crippen molar-refractivity contribution in [3.8, 4) is 0 Å². The average molecular weight is 268 g/mol. The first-order chi connectivity index (χ1) is 9.15. The van der Waals surface area contributed by atoms with Crippen molar-refractivity contribution in [1.82, 2.24) is 8.96 Å². The van der Waals surface area contributed by atoms with Crippen molar-refractivity contribution in [3.63, 3.8) is 0 Å². The maximum atomic E-state index is 4.45. The molecule has 0 saturated carbocycles. The zero-order valence-corrected chi connectivity index (χ0v) is 12.2. The van der Waals surface area contributed by atoms with Crippen LogP contribution in [-0.2, 0) is 0 Å². The third-order valence-electron chi connectivity index (χ3n) is 3.24. The zero-order chi connectivity index (χ0) is 13.4. The first kappa shape index (κ1) is 12.3. The van der Waals surface area contributed by atoms with Crippen molar-refractivity contribution in [2.75, 3.05) is 0 Å². The molecule has 0 bridgehead atoms. The molecule has 0 N–H and O–H groups in total. The van der Waals surface area contributed by atoms with Gasteiger partial charge >= 0.3 is 0 Å². The molecule has 2 heterocycles. The summed E-state index contributed by atoms with van der Waals surface area (Å²) in [6, 6.07) is 12.8. The van der Waals surface area contributed by atoms with Gasteiger partial charge in [-0.1, -0.05) is 17.7 Å². The highest BCUT2D eigenvalue weighted by molar-refractivity contribution is 7.98. The minimum absolute atomic E-state index is 1.07. The predicted molar refractivity (Wildman–Crippen MR) is 81.6 cm³/mol. The van der Waals surface area contributed by atoms with Gasteiger partial charge in [0.05, 0.1) is 11.0 Å². The van der Waals surface area contributed by atoms with Crippen LogP contribution in [0.5, 0.6) is 0 Å². The number of pyridine rings is 1. The highest BCUT2D eigenvalue weighted by atomic mass is 32.2. The van der Waals surface area contributed by atoms with Crippen LogP contribution < -0.4 is 0 Å². The largest absolute Gasteiger partial charge is 0.282 e. The van der Waals surface area contributed by atoms with Crippen molar-refractivity contribution >= 4 is 23.0 Å². The molecule has 0 spiro atoms. The summed E-state index contributed by atoms with van der Waals surface area (Å²) in [7, 11) is 0. The number of aryl methyl sites for hydroxylation is 3. The van der Waals surface area contributed by atoms with E-state index in [1.165, 1.54) is 27.2 Å². The number of benzene rings is 1. The van der Waals surface area contributed by atoms with E-state index >= 15 is 0 Å². The molecule has 1 aromatic carbocycles. The molecule has 3 heteroatoms. The molecule has 0 atom stereocenters. The van der Waals surface area contributed by atoms with E-state index in [1.54, 1.807) is 11.9 Å². The monoisotopic (exact) mass is 268 g/mol. The molecule has 3 aromatic rings. The fraction of sp³-hybridized carbons (Fsp3) is 0.188. The maximum absolute atomic E-state index is 4.45. The standard InChI is InChI=1S/C16H16N2S/c1-11-4-6-14(7-5-11)19-18-13(3)10-15-16(18)12(2)8-9-17-15/h4-10H,1-3H3. The van der Waals surface area contributed by atoms with Crippen molar-refractivity contribution in [2.45, 2.75) is 25.7 Å². The summed E-state index contributed by atoms with van der Waals surface area (Å²) in [5.74, 6) is 0. The van der Waals surface area contributed by atoms with Gasteiger partial charge in [-0.25, -0.2) is 0 Å². The lowest BCUT2D eigenvalue weighted by molar-refractivity contribution is 1.19. The van der Waals surface area contributed by atoms with E-state index in [4.69, 9.17) is 0 Å². The van der Waals surface area contributed by atoms with Gasteiger partial charge in [0.15, 0.2) is 0 Å². The van der Waals surface area contributed by atoms with Crippen LogP contribution >= 0.6 is 11.9 Å². The van der Waals surface area contributed by atoms with Crippen molar-refractivity contribution < 1.29 is 0 Å². The Bertz CT molecular complexity index is 726. The quantitative estimate of drug-likeness (QED) is 0.680. The van der Waals surface area contributed by atoms with Gasteiger partial charge in [-0.2, -0.15) is 0 Å². The Morgan fingerprint density at radius 2 is 1.74 bits per heavy atom. The lowest BCUT2D eigenvalue weighted by Crippen LogP contribution is -1.91. The van der Waals surface area contributed by atoms with Gasteiger partial charge in [0, 0.05) is 16.8 Å². The Kier molecular flexibility index (Phi) is 3.07. The van der Waals surface area contributed by atoms with Crippen molar-refractivity contribution in [2.24, 2.45) is 0 Å². The fourth-order valence-corrected chi connectivity index (χ4v) is 3.19. The molecular formula is C16H16N2S. The second-order valence-electron chi connectivity index (χ2n) is 4.85. The molecule has 0 aliphatic carbocycles. The van der Waals surface area contributed by atoms with E-state index in [1.807, 2.05) is 6.20 Å². The van der Waals surface area contributed by atoms with E-state index in [0.29, 0.717) is 0 Å². The predicted octanol–water partition coefficient (Wildman–Crippen LogP) is 4.52. The van der Waals surface area contributed by atoms with E-state index < -0.39 is 0 Å². The van der Waals surface area contributed by atoms with Crippen LogP contribution in [0.3, 0.4) is 0 Å². The molecule has 96 valence electrons. The maximum Gasteiger partial charge on any atom is 0.0895 e. The number of hydrogen-bond acceptors (Lipinski definition) is 2. The van der Waals surface area contributed by atoms with Gasteiger partial charge in [0.25, 0.3) is 0 Å². The summed E-state index contributed by atoms with van der Waals surface area (Å²) < 4.78 is 2.27. The summed E-state index contributed by atoms with van der Waals surface area (Å²) in [5, 5.41) is 0. The van der Waals surface area contributed by atoms with Crippen LogP contribution in [0.25, 0.3) is 11.0 Å². The van der Waals surface area contributed by atoms with E-state index in [2.05, 4.69) is 66.1 Å². The second kappa shape index (κ2) is 4.74.